The standard InChI is InChI=1S/C20H18N8O2/c1-4-15-23-19-22-14-9-10-27(20-21-11(2)24-25-20)18(29)16(14)17(28(19)26-15)12-5-7-13(30-3)8-6-12/h5-10H,4H2,1-3H3,(H,21,24,25). The number of benzene rings is 1. The van der Waals surface area contributed by atoms with E-state index in [1.807, 2.05) is 31.2 Å². The molecule has 0 aliphatic carbocycles. The van der Waals surface area contributed by atoms with E-state index in [1.54, 1.807) is 30.8 Å². The van der Waals surface area contributed by atoms with Crippen LogP contribution in [0.1, 0.15) is 18.6 Å². The minimum atomic E-state index is -0.291. The maximum absolute atomic E-state index is 13.5. The van der Waals surface area contributed by atoms with Gasteiger partial charge in [-0.1, -0.05) is 6.92 Å². The maximum atomic E-state index is 13.5. The van der Waals surface area contributed by atoms with Gasteiger partial charge in [-0.05, 0) is 37.3 Å². The van der Waals surface area contributed by atoms with Gasteiger partial charge in [0.2, 0.25) is 0 Å². The number of rotatable bonds is 4. The fourth-order valence-electron chi connectivity index (χ4n) is 3.38. The Bertz CT molecular complexity index is 1450. The molecule has 0 radical (unpaired) electrons. The average Bonchev–Trinajstić information content (AvgIpc) is 3.38. The largest absolute Gasteiger partial charge is 0.497 e. The SMILES string of the molecule is CCc1nc2nc3ccn(-c4n[nH]c(C)n4)c(=O)c3c(-c3ccc(OC)cc3)n2n1. The number of methoxy groups -OCH3 is 1. The molecule has 5 aromatic rings. The lowest BCUT2D eigenvalue weighted by atomic mass is 10.1. The van der Waals surface area contributed by atoms with Crippen LogP contribution in [0.2, 0.25) is 0 Å². The lowest BCUT2D eigenvalue weighted by Gasteiger charge is -2.10. The number of pyridine rings is 1. The zero-order valence-corrected chi connectivity index (χ0v) is 16.6. The van der Waals surface area contributed by atoms with Crippen LogP contribution in [0.25, 0.3) is 33.9 Å². The van der Waals surface area contributed by atoms with Crippen LogP contribution < -0.4 is 10.3 Å². The highest BCUT2D eigenvalue weighted by Gasteiger charge is 2.19. The molecule has 10 heteroatoms. The number of aromatic amines is 1. The Kier molecular flexibility index (Phi) is 4.05. The van der Waals surface area contributed by atoms with E-state index in [2.05, 4.69) is 30.2 Å². The van der Waals surface area contributed by atoms with Crippen molar-refractivity contribution >= 4 is 16.7 Å². The maximum Gasteiger partial charge on any atom is 0.269 e. The number of aromatic nitrogens is 8. The van der Waals surface area contributed by atoms with Crippen molar-refractivity contribution in [3.63, 3.8) is 0 Å². The summed E-state index contributed by atoms with van der Waals surface area (Å²) in [6.07, 6.45) is 2.27. The van der Waals surface area contributed by atoms with Crippen molar-refractivity contribution in [3.05, 3.63) is 58.5 Å². The van der Waals surface area contributed by atoms with Crippen molar-refractivity contribution in [1.82, 2.24) is 39.3 Å². The van der Waals surface area contributed by atoms with Gasteiger partial charge in [-0.15, -0.1) is 10.2 Å². The van der Waals surface area contributed by atoms with E-state index in [1.165, 1.54) is 4.57 Å². The van der Waals surface area contributed by atoms with Gasteiger partial charge in [-0.25, -0.2) is 9.55 Å². The topological polar surface area (TPSA) is 116 Å². The number of nitrogens with zero attached hydrogens (tertiary/aromatic N) is 7. The summed E-state index contributed by atoms with van der Waals surface area (Å²) in [4.78, 5) is 26.9. The van der Waals surface area contributed by atoms with E-state index in [-0.39, 0.29) is 11.5 Å². The van der Waals surface area contributed by atoms with E-state index in [9.17, 15) is 4.79 Å². The molecular formula is C20H18N8O2. The Morgan fingerprint density at radius 1 is 1.10 bits per heavy atom. The highest BCUT2D eigenvalue weighted by Crippen LogP contribution is 2.28. The molecule has 0 aliphatic rings. The molecule has 4 heterocycles. The highest BCUT2D eigenvalue weighted by molar-refractivity contribution is 5.93. The van der Waals surface area contributed by atoms with Crippen LogP contribution in [0.5, 0.6) is 5.75 Å². The lowest BCUT2D eigenvalue weighted by molar-refractivity contribution is 0.415. The van der Waals surface area contributed by atoms with Gasteiger partial charge in [0.15, 0.2) is 5.82 Å². The van der Waals surface area contributed by atoms with Crippen molar-refractivity contribution < 1.29 is 4.74 Å². The average molecular weight is 402 g/mol. The molecule has 4 aromatic heterocycles. The third-order valence-corrected chi connectivity index (χ3v) is 4.85. The van der Waals surface area contributed by atoms with Gasteiger partial charge in [0.05, 0.1) is 23.7 Å². The third kappa shape index (κ3) is 2.72. The summed E-state index contributed by atoms with van der Waals surface area (Å²) in [5.74, 6) is 2.70. The van der Waals surface area contributed by atoms with E-state index >= 15 is 0 Å². The lowest BCUT2D eigenvalue weighted by Crippen LogP contribution is -2.21. The van der Waals surface area contributed by atoms with Crippen LogP contribution in [0.15, 0.2) is 41.3 Å². The van der Waals surface area contributed by atoms with Gasteiger partial charge >= 0.3 is 0 Å². The Morgan fingerprint density at radius 2 is 1.90 bits per heavy atom. The second-order valence-electron chi connectivity index (χ2n) is 6.75. The Balaban J connectivity index is 1.90. The molecule has 10 nitrogen and oxygen atoms in total. The summed E-state index contributed by atoms with van der Waals surface area (Å²) in [5.41, 5.74) is 1.63. The summed E-state index contributed by atoms with van der Waals surface area (Å²) in [6, 6.07) is 9.20. The minimum absolute atomic E-state index is 0.271. The number of nitrogens with one attached hydrogen (secondary N) is 1. The van der Waals surface area contributed by atoms with Crippen molar-refractivity contribution in [2.75, 3.05) is 7.11 Å². The number of H-pyrrole nitrogens is 1. The normalized spacial score (nSPS) is 11.4. The first-order valence-electron chi connectivity index (χ1n) is 9.44. The second-order valence-corrected chi connectivity index (χ2v) is 6.75. The van der Waals surface area contributed by atoms with Crippen molar-refractivity contribution in [2.45, 2.75) is 20.3 Å². The number of aryl methyl sites for hydroxylation is 2. The number of hydrogen-bond acceptors (Lipinski definition) is 7. The molecule has 0 bridgehead atoms. The molecule has 0 amide bonds. The van der Waals surface area contributed by atoms with Crippen LogP contribution in [0.3, 0.4) is 0 Å². The first-order valence-corrected chi connectivity index (χ1v) is 9.44. The van der Waals surface area contributed by atoms with E-state index in [0.29, 0.717) is 40.4 Å². The molecule has 0 unspecified atom stereocenters. The molecule has 0 fully saturated rings. The summed E-state index contributed by atoms with van der Waals surface area (Å²) < 4.78 is 8.29. The predicted octanol–water partition coefficient (Wildman–Crippen LogP) is 2.09. The molecule has 0 aliphatic heterocycles. The highest BCUT2D eigenvalue weighted by atomic mass is 16.5. The molecular weight excluding hydrogens is 384 g/mol. The molecule has 1 N–H and O–H groups in total. The molecule has 0 atom stereocenters. The first kappa shape index (κ1) is 18.0. The van der Waals surface area contributed by atoms with Crippen molar-refractivity contribution in [1.29, 1.82) is 0 Å². The fraction of sp³-hybridized carbons (Fsp3) is 0.200. The fourth-order valence-corrected chi connectivity index (χ4v) is 3.38. The Hall–Kier alpha value is -4.08. The Labute approximate surface area is 170 Å². The van der Waals surface area contributed by atoms with Gasteiger partial charge in [0.1, 0.15) is 11.6 Å². The van der Waals surface area contributed by atoms with Gasteiger partial charge in [0, 0.05) is 18.2 Å². The van der Waals surface area contributed by atoms with Crippen molar-refractivity contribution in [2.24, 2.45) is 0 Å². The van der Waals surface area contributed by atoms with Crippen molar-refractivity contribution in [3.8, 4) is 23.0 Å². The van der Waals surface area contributed by atoms with Gasteiger partial charge < -0.3 is 4.74 Å². The van der Waals surface area contributed by atoms with E-state index in [4.69, 9.17) is 4.74 Å². The van der Waals surface area contributed by atoms with E-state index < -0.39 is 0 Å². The van der Waals surface area contributed by atoms with Gasteiger partial charge in [-0.2, -0.15) is 14.5 Å². The molecule has 5 rings (SSSR count). The first-order chi connectivity index (χ1) is 14.6. The predicted molar refractivity (Wildman–Crippen MR) is 110 cm³/mol. The number of ether oxygens (including phenoxy) is 1. The minimum Gasteiger partial charge on any atom is -0.497 e. The summed E-state index contributed by atoms with van der Waals surface area (Å²) >= 11 is 0. The van der Waals surface area contributed by atoms with Crippen LogP contribution >= 0.6 is 0 Å². The van der Waals surface area contributed by atoms with Crippen LogP contribution in [-0.4, -0.2) is 46.4 Å². The van der Waals surface area contributed by atoms with E-state index in [0.717, 1.165) is 11.3 Å². The van der Waals surface area contributed by atoms with Crippen LogP contribution in [0.4, 0.5) is 0 Å². The number of fused-ring (bicyclic) bond motifs is 2. The molecule has 1 aromatic carbocycles. The zero-order valence-electron chi connectivity index (χ0n) is 16.6. The monoisotopic (exact) mass is 402 g/mol. The van der Waals surface area contributed by atoms with Gasteiger partial charge in [0.25, 0.3) is 17.3 Å². The second kappa shape index (κ2) is 6.76. The molecule has 0 spiro atoms. The zero-order chi connectivity index (χ0) is 20.8. The summed E-state index contributed by atoms with van der Waals surface area (Å²) in [7, 11) is 1.61. The third-order valence-electron chi connectivity index (χ3n) is 4.85. The van der Waals surface area contributed by atoms with Crippen LogP contribution in [-0.2, 0) is 6.42 Å². The number of hydrogen-bond donors (Lipinski definition) is 1. The molecule has 0 saturated carbocycles. The smallest absolute Gasteiger partial charge is 0.269 e. The molecule has 150 valence electrons. The quantitative estimate of drug-likeness (QED) is 0.489. The molecule has 0 saturated heterocycles. The summed E-state index contributed by atoms with van der Waals surface area (Å²) in [6.45, 7) is 3.75. The van der Waals surface area contributed by atoms with Gasteiger partial charge in [-0.3, -0.25) is 9.89 Å². The summed E-state index contributed by atoms with van der Waals surface area (Å²) in [5, 5.41) is 11.9. The van der Waals surface area contributed by atoms with Crippen LogP contribution in [0, 0.1) is 6.92 Å². The Morgan fingerprint density at radius 3 is 2.57 bits per heavy atom. The molecule has 30 heavy (non-hydrogen) atoms.